The minimum absolute atomic E-state index is 0.128. The lowest BCUT2D eigenvalue weighted by Gasteiger charge is -2.58. The van der Waals surface area contributed by atoms with Crippen LogP contribution in [0, 0.1) is 40.4 Å². The maximum Gasteiger partial charge on any atom is 0.133 e. The molecule has 0 aromatic carbocycles. The van der Waals surface area contributed by atoms with E-state index in [0.29, 0.717) is 23.0 Å². The number of carbonyl (C=O) groups excluding carboxylic acids is 1. The highest BCUT2D eigenvalue weighted by atomic mass is 16.3. The van der Waals surface area contributed by atoms with E-state index < -0.39 is 0 Å². The van der Waals surface area contributed by atoms with Gasteiger partial charge in [0.05, 0.1) is 6.10 Å². The number of ketones is 1. The fourth-order valence-corrected chi connectivity index (χ4v) is 8.33. The lowest BCUT2D eigenvalue weighted by Crippen LogP contribution is -2.51. The summed E-state index contributed by atoms with van der Waals surface area (Å²) in [6.07, 6.45) is 7.83. The van der Waals surface area contributed by atoms with E-state index >= 15 is 0 Å². The summed E-state index contributed by atoms with van der Waals surface area (Å²) in [7, 11) is 0. The molecule has 0 spiro atoms. The quantitative estimate of drug-likeness (QED) is 0.668. The molecule has 25 heavy (non-hydrogen) atoms. The molecule has 4 aliphatic rings. The Morgan fingerprint density at radius 3 is 2.52 bits per heavy atom. The summed E-state index contributed by atoms with van der Waals surface area (Å²) in [6, 6.07) is 0. The largest absolute Gasteiger partial charge is 0.393 e. The first-order valence-electron chi connectivity index (χ1n) is 10.6. The molecule has 0 aromatic rings. The standard InChI is InChI=1S/C23H36O2/c1-13-10-17-18(22(4)8-6-16(25)12-19(13)22)7-9-23(5)20(17)11-14(2)21(23)15(3)24/h14,16-18,20-21,25H,6-12H2,1-5H3/t14-,16-,17?,18?,20?,21+,22+,23-/m0/s1. The Kier molecular flexibility index (Phi) is 4.04. The molecule has 3 fully saturated rings. The number of hydrogen-bond donors (Lipinski definition) is 1. The number of hydrogen-bond acceptors (Lipinski definition) is 2. The number of aliphatic hydroxyl groups is 1. The molecule has 0 radical (unpaired) electrons. The predicted molar refractivity (Wildman–Crippen MR) is 101 cm³/mol. The molecule has 0 aliphatic heterocycles. The van der Waals surface area contributed by atoms with Crippen LogP contribution in [0.15, 0.2) is 11.1 Å². The van der Waals surface area contributed by atoms with E-state index in [0.717, 1.165) is 31.1 Å². The van der Waals surface area contributed by atoms with Gasteiger partial charge in [-0.2, -0.15) is 0 Å². The van der Waals surface area contributed by atoms with Crippen molar-refractivity contribution in [1.29, 1.82) is 0 Å². The van der Waals surface area contributed by atoms with Gasteiger partial charge in [0.1, 0.15) is 5.78 Å². The fourth-order valence-electron chi connectivity index (χ4n) is 8.33. The first kappa shape index (κ1) is 17.8. The van der Waals surface area contributed by atoms with Crippen molar-refractivity contribution in [1.82, 2.24) is 0 Å². The summed E-state index contributed by atoms with van der Waals surface area (Å²) >= 11 is 0. The van der Waals surface area contributed by atoms with Crippen LogP contribution in [0.4, 0.5) is 0 Å². The normalized spacial score (nSPS) is 52.4. The van der Waals surface area contributed by atoms with Crippen molar-refractivity contribution in [2.75, 3.05) is 0 Å². The minimum Gasteiger partial charge on any atom is -0.393 e. The molecule has 140 valence electrons. The van der Waals surface area contributed by atoms with Gasteiger partial charge >= 0.3 is 0 Å². The smallest absolute Gasteiger partial charge is 0.133 e. The molecule has 4 aliphatic carbocycles. The zero-order chi connectivity index (χ0) is 18.1. The van der Waals surface area contributed by atoms with Crippen molar-refractivity contribution in [2.24, 2.45) is 40.4 Å². The Balaban J connectivity index is 1.73. The highest BCUT2D eigenvalue weighted by Crippen LogP contribution is 2.68. The molecular weight excluding hydrogens is 308 g/mol. The molecule has 1 N–H and O–H groups in total. The Morgan fingerprint density at radius 2 is 1.84 bits per heavy atom. The highest BCUT2D eigenvalue weighted by Gasteiger charge is 2.61. The van der Waals surface area contributed by atoms with E-state index in [4.69, 9.17) is 0 Å². The van der Waals surface area contributed by atoms with E-state index in [1.165, 1.54) is 25.7 Å². The first-order valence-corrected chi connectivity index (χ1v) is 10.6. The number of Topliss-reactive ketones (excluding diaryl/α,β-unsaturated/α-hetero) is 1. The second-order valence-electron chi connectivity index (χ2n) is 10.5. The van der Waals surface area contributed by atoms with Crippen molar-refractivity contribution in [3.8, 4) is 0 Å². The van der Waals surface area contributed by atoms with Crippen molar-refractivity contribution in [3.63, 3.8) is 0 Å². The molecule has 0 aromatic heterocycles. The molecule has 0 bridgehead atoms. The van der Waals surface area contributed by atoms with Gasteiger partial charge in [-0.15, -0.1) is 0 Å². The minimum atomic E-state index is -0.128. The fraction of sp³-hybridized carbons (Fsp3) is 0.870. The van der Waals surface area contributed by atoms with E-state index in [9.17, 15) is 9.90 Å². The van der Waals surface area contributed by atoms with Gasteiger partial charge in [-0.25, -0.2) is 0 Å². The lowest BCUT2D eigenvalue weighted by atomic mass is 9.46. The Labute approximate surface area is 153 Å². The van der Waals surface area contributed by atoms with Crippen LogP contribution in [0.1, 0.15) is 79.6 Å². The Morgan fingerprint density at radius 1 is 1.12 bits per heavy atom. The molecular formula is C23H36O2. The van der Waals surface area contributed by atoms with E-state index in [1.807, 2.05) is 6.92 Å². The maximum absolute atomic E-state index is 12.4. The van der Waals surface area contributed by atoms with Crippen LogP contribution < -0.4 is 0 Å². The van der Waals surface area contributed by atoms with Gasteiger partial charge in [0.25, 0.3) is 0 Å². The van der Waals surface area contributed by atoms with E-state index in [-0.39, 0.29) is 17.4 Å². The third-order valence-electron chi connectivity index (χ3n) is 9.22. The number of fused-ring (bicyclic) bond motifs is 5. The highest BCUT2D eigenvalue weighted by molar-refractivity contribution is 5.80. The molecule has 0 amide bonds. The van der Waals surface area contributed by atoms with Gasteiger partial charge in [-0.1, -0.05) is 31.9 Å². The predicted octanol–water partition coefficient (Wildman–Crippen LogP) is 5.15. The number of rotatable bonds is 1. The van der Waals surface area contributed by atoms with Crippen LogP contribution in [-0.2, 0) is 4.79 Å². The summed E-state index contributed by atoms with van der Waals surface area (Å²) in [5, 5.41) is 10.2. The first-order chi connectivity index (χ1) is 11.7. The molecule has 3 unspecified atom stereocenters. The van der Waals surface area contributed by atoms with Crippen molar-refractivity contribution in [3.05, 3.63) is 11.1 Å². The van der Waals surface area contributed by atoms with E-state index in [1.54, 1.807) is 11.1 Å². The van der Waals surface area contributed by atoms with E-state index in [2.05, 4.69) is 27.7 Å². The molecule has 4 rings (SSSR count). The monoisotopic (exact) mass is 344 g/mol. The number of aliphatic hydroxyl groups excluding tert-OH is 1. The van der Waals surface area contributed by atoms with Crippen LogP contribution in [0.3, 0.4) is 0 Å². The molecule has 0 saturated heterocycles. The number of carbonyl (C=O) groups is 1. The average Bonchev–Trinajstić information content (AvgIpc) is 2.80. The van der Waals surface area contributed by atoms with Gasteiger partial charge in [0, 0.05) is 5.92 Å². The summed E-state index contributed by atoms with van der Waals surface area (Å²) < 4.78 is 0. The topological polar surface area (TPSA) is 37.3 Å². The molecule has 2 nitrogen and oxygen atoms in total. The third kappa shape index (κ3) is 2.35. The lowest BCUT2D eigenvalue weighted by molar-refractivity contribution is -0.128. The third-order valence-corrected chi connectivity index (χ3v) is 9.22. The molecule has 0 heterocycles. The molecule has 8 atom stereocenters. The van der Waals surface area contributed by atoms with Crippen LogP contribution in [-0.4, -0.2) is 17.0 Å². The van der Waals surface area contributed by atoms with Crippen molar-refractivity contribution >= 4 is 5.78 Å². The van der Waals surface area contributed by atoms with Gasteiger partial charge < -0.3 is 5.11 Å². The SMILES string of the molecule is CC(=O)[C@H]1[C@@H](C)CC2C3CC(C)=C4C[C@@H](O)CC[C@]4(C)C3CC[C@@]21C. The van der Waals surface area contributed by atoms with Gasteiger partial charge in [0.2, 0.25) is 0 Å². The summed E-state index contributed by atoms with van der Waals surface area (Å²) in [5.74, 6) is 3.44. The summed E-state index contributed by atoms with van der Waals surface area (Å²) in [5.41, 5.74) is 3.66. The number of allylic oxidation sites excluding steroid dienone is 1. The van der Waals surface area contributed by atoms with Crippen molar-refractivity contribution in [2.45, 2.75) is 85.7 Å². The Hall–Kier alpha value is -0.630. The average molecular weight is 345 g/mol. The van der Waals surface area contributed by atoms with Crippen LogP contribution in [0.2, 0.25) is 0 Å². The van der Waals surface area contributed by atoms with Crippen LogP contribution in [0.25, 0.3) is 0 Å². The second-order valence-corrected chi connectivity index (χ2v) is 10.5. The zero-order valence-electron chi connectivity index (χ0n) is 16.8. The van der Waals surface area contributed by atoms with Gasteiger partial charge in [-0.3, -0.25) is 4.79 Å². The second kappa shape index (κ2) is 5.68. The maximum atomic E-state index is 12.4. The van der Waals surface area contributed by atoms with Crippen LogP contribution in [0.5, 0.6) is 0 Å². The summed E-state index contributed by atoms with van der Waals surface area (Å²) in [4.78, 5) is 12.4. The molecule has 2 heteroatoms. The van der Waals surface area contributed by atoms with Crippen LogP contribution >= 0.6 is 0 Å². The van der Waals surface area contributed by atoms with Crippen molar-refractivity contribution < 1.29 is 9.90 Å². The Bertz CT molecular complexity index is 620. The van der Waals surface area contributed by atoms with Gasteiger partial charge in [0.15, 0.2) is 0 Å². The summed E-state index contributed by atoms with van der Waals surface area (Å²) in [6.45, 7) is 11.4. The zero-order valence-corrected chi connectivity index (χ0v) is 16.8. The van der Waals surface area contributed by atoms with Gasteiger partial charge in [-0.05, 0) is 93.3 Å². The molecule has 3 saturated carbocycles.